The van der Waals surface area contributed by atoms with Crippen LogP contribution in [-0.2, 0) is 22.6 Å². The number of benzene rings is 2. The van der Waals surface area contributed by atoms with Gasteiger partial charge in [-0.05, 0) is 43.5 Å². The van der Waals surface area contributed by atoms with Crippen molar-refractivity contribution in [3.05, 3.63) is 117 Å². The summed E-state index contributed by atoms with van der Waals surface area (Å²) in [5.41, 5.74) is 4.30. The van der Waals surface area contributed by atoms with E-state index in [-0.39, 0.29) is 28.9 Å². The maximum absolute atomic E-state index is 13.9. The van der Waals surface area contributed by atoms with Crippen molar-refractivity contribution in [3.8, 4) is 5.69 Å². The van der Waals surface area contributed by atoms with E-state index in [0.717, 1.165) is 16.7 Å². The van der Waals surface area contributed by atoms with Crippen molar-refractivity contribution in [3.63, 3.8) is 0 Å². The van der Waals surface area contributed by atoms with E-state index in [1.54, 1.807) is 10.8 Å². The minimum atomic E-state index is -0.476. The van der Waals surface area contributed by atoms with Crippen molar-refractivity contribution in [2.45, 2.75) is 33.7 Å². The predicted octanol–water partition coefficient (Wildman–Crippen LogP) is 3.57. The van der Waals surface area contributed by atoms with Gasteiger partial charge in [0.2, 0.25) is 0 Å². The van der Waals surface area contributed by atoms with Crippen LogP contribution in [0.15, 0.2) is 83.9 Å². The molecule has 0 saturated heterocycles. The van der Waals surface area contributed by atoms with Crippen molar-refractivity contribution in [2.24, 2.45) is 0 Å². The molecule has 36 heavy (non-hydrogen) atoms. The van der Waals surface area contributed by atoms with Gasteiger partial charge in [0, 0.05) is 17.3 Å². The molecule has 1 aliphatic rings. The van der Waals surface area contributed by atoms with Crippen LogP contribution < -0.4 is 10.1 Å². The first-order valence-corrected chi connectivity index (χ1v) is 11.9. The molecule has 180 valence electrons. The van der Waals surface area contributed by atoms with E-state index in [4.69, 9.17) is 0 Å². The fraction of sp³-hybridized carbons (Fsp3) is 0.172. The summed E-state index contributed by atoms with van der Waals surface area (Å²) < 4.78 is 3.10. The van der Waals surface area contributed by atoms with Gasteiger partial charge in [-0.2, -0.15) is 4.57 Å². The van der Waals surface area contributed by atoms with Crippen LogP contribution in [0.1, 0.15) is 34.9 Å². The lowest BCUT2D eigenvalue weighted by molar-refractivity contribution is -0.577. The maximum atomic E-state index is 13.9. The average Bonchev–Trinajstić information content (AvgIpc) is 3.35. The molecule has 1 N–H and O–H groups in total. The largest absolute Gasteiger partial charge is 0.327 e. The van der Waals surface area contributed by atoms with Crippen molar-refractivity contribution >= 4 is 23.1 Å². The maximum Gasteiger partial charge on any atom is 0.327 e. The number of aryl methyl sites for hydroxylation is 3. The Labute approximate surface area is 208 Å². The van der Waals surface area contributed by atoms with Gasteiger partial charge in [0.15, 0.2) is 12.4 Å². The lowest BCUT2D eigenvalue weighted by Crippen LogP contribution is -2.39. The minimum absolute atomic E-state index is 0.121. The summed E-state index contributed by atoms with van der Waals surface area (Å²) in [6.45, 7) is 5.97. The Morgan fingerprint density at radius 3 is 2.14 bits per heavy atom. The van der Waals surface area contributed by atoms with E-state index in [0.29, 0.717) is 17.8 Å². The zero-order valence-corrected chi connectivity index (χ0v) is 20.5. The molecule has 0 unspecified atom stereocenters. The van der Waals surface area contributed by atoms with Crippen LogP contribution in [0.3, 0.4) is 0 Å². The summed E-state index contributed by atoms with van der Waals surface area (Å²) in [6.07, 6.45) is 4.08. The summed E-state index contributed by atoms with van der Waals surface area (Å²) in [7, 11) is 0. The smallest absolute Gasteiger partial charge is 0.294 e. The molecule has 2 amide bonds. The number of hydrogen-bond acceptors (Lipinski definition) is 3. The van der Waals surface area contributed by atoms with Crippen LogP contribution in [-0.4, -0.2) is 26.5 Å². The number of hydrogen-bond donors (Lipinski definition) is 1. The Kier molecular flexibility index (Phi) is 5.98. The molecule has 0 atom stereocenters. The molecule has 7 nitrogen and oxygen atoms in total. The lowest BCUT2D eigenvalue weighted by Gasteiger charge is -2.13. The van der Waals surface area contributed by atoms with Gasteiger partial charge >= 0.3 is 5.91 Å². The SMILES string of the molecule is CCc1[nH]n(-c2ccccc2)c(=O)c1C1=C([n+]2ccc(C)c(C)c2)C(=O)N(Cc2ccccc2)C1=O. The fourth-order valence-corrected chi connectivity index (χ4v) is 4.51. The molecule has 2 aromatic carbocycles. The van der Waals surface area contributed by atoms with Crippen molar-refractivity contribution in [2.75, 3.05) is 0 Å². The van der Waals surface area contributed by atoms with Gasteiger partial charge in [0.25, 0.3) is 17.2 Å². The number of carbonyl (C=O) groups excluding carboxylic acids is 2. The van der Waals surface area contributed by atoms with E-state index in [1.165, 1.54) is 9.58 Å². The number of H-pyrrole nitrogens is 1. The van der Waals surface area contributed by atoms with Crippen molar-refractivity contribution in [1.29, 1.82) is 0 Å². The highest BCUT2D eigenvalue weighted by Crippen LogP contribution is 2.31. The first-order valence-electron chi connectivity index (χ1n) is 11.9. The van der Waals surface area contributed by atoms with Crippen LogP contribution in [0, 0.1) is 13.8 Å². The first-order chi connectivity index (χ1) is 17.4. The zero-order chi connectivity index (χ0) is 25.4. The molecule has 0 fully saturated rings. The molecule has 3 heterocycles. The fourth-order valence-electron chi connectivity index (χ4n) is 4.51. The lowest BCUT2D eigenvalue weighted by atomic mass is 10.0. The molecule has 4 aromatic rings. The summed E-state index contributed by atoms with van der Waals surface area (Å²) in [6, 6.07) is 20.5. The number of nitrogens with one attached hydrogen (secondary N) is 1. The van der Waals surface area contributed by atoms with Gasteiger partial charge in [-0.3, -0.25) is 24.4 Å². The third kappa shape index (κ3) is 3.88. The van der Waals surface area contributed by atoms with Gasteiger partial charge in [0.1, 0.15) is 5.57 Å². The highest BCUT2D eigenvalue weighted by Gasteiger charge is 2.47. The molecule has 2 aromatic heterocycles. The highest BCUT2D eigenvalue weighted by molar-refractivity contribution is 6.44. The first kappa shape index (κ1) is 23.2. The number of aromatic amines is 1. The summed E-state index contributed by atoms with van der Waals surface area (Å²) in [5, 5.41) is 3.16. The second kappa shape index (κ2) is 9.26. The number of pyridine rings is 1. The third-order valence-electron chi connectivity index (χ3n) is 6.61. The number of aromatic nitrogens is 3. The molecule has 0 saturated carbocycles. The second-order valence-corrected chi connectivity index (χ2v) is 8.92. The Morgan fingerprint density at radius 1 is 0.833 bits per heavy atom. The number of para-hydroxylation sites is 1. The van der Waals surface area contributed by atoms with Crippen molar-refractivity contribution < 1.29 is 14.2 Å². The third-order valence-corrected chi connectivity index (χ3v) is 6.61. The molecule has 5 rings (SSSR count). The molecule has 7 heteroatoms. The van der Waals surface area contributed by atoms with Crippen molar-refractivity contribution in [1.82, 2.24) is 14.7 Å². The van der Waals surface area contributed by atoms with E-state index < -0.39 is 11.8 Å². The molecular weight excluding hydrogens is 452 g/mol. The number of rotatable bonds is 6. The second-order valence-electron chi connectivity index (χ2n) is 8.92. The van der Waals surface area contributed by atoms with E-state index in [2.05, 4.69) is 5.10 Å². The summed E-state index contributed by atoms with van der Waals surface area (Å²) in [4.78, 5) is 42.7. The number of nitrogens with zero attached hydrogens (tertiary/aromatic N) is 3. The monoisotopic (exact) mass is 479 g/mol. The van der Waals surface area contributed by atoms with Crippen LogP contribution >= 0.6 is 0 Å². The number of carbonyl (C=O) groups is 2. The van der Waals surface area contributed by atoms with Gasteiger partial charge in [0.05, 0.1) is 17.8 Å². The van der Waals surface area contributed by atoms with Crippen LogP contribution in [0.5, 0.6) is 0 Å². The Bertz CT molecular complexity index is 1560. The van der Waals surface area contributed by atoms with Gasteiger partial charge in [-0.15, -0.1) is 0 Å². The van der Waals surface area contributed by atoms with Crippen LogP contribution in [0.2, 0.25) is 0 Å². The molecule has 0 bridgehead atoms. The Balaban J connectivity index is 1.73. The van der Waals surface area contributed by atoms with Gasteiger partial charge in [-0.1, -0.05) is 55.5 Å². The number of amides is 2. The standard InChI is InChI=1S/C29H26N4O3/c1-4-23-24(28(35)33(30-23)22-13-9-6-10-14-22)25-26(31-16-15-19(2)20(3)17-31)29(36)32(27(25)34)18-21-11-7-5-8-12-21/h5-17H,4,18H2,1-3H3/p+1. The molecule has 0 radical (unpaired) electrons. The topological polar surface area (TPSA) is 79.1 Å². The Morgan fingerprint density at radius 2 is 1.50 bits per heavy atom. The molecule has 1 aliphatic heterocycles. The van der Waals surface area contributed by atoms with E-state index >= 15 is 0 Å². The van der Waals surface area contributed by atoms with E-state index in [1.807, 2.05) is 93.7 Å². The molecule has 0 spiro atoms. The Hall–Kier alpha value is -4.52. The van der Waals surface area contributed by atoms with E-state index in [9.17, 15) is 14.4 Å². The average molecular weight is 480 g/mol. The zero-order valence-electron chi connectivity index (χ0n) is 20.5. The van der Waals surface area contributed by atoms with Crippen LogP contribution in [0.4, 0.5) is 0 Å². The molecular formula is C29H27N4O3+. The minimum Gasteiger partial charge on any atom is -0.294 e. The summed E-state index contributed by atoms with van der Waals surface area (Å²) in [5.74, 6) is -0.906. The highest BCUT2D eigenvalue weighted by atomic mass is 16.2. The van der Waals surface area contributed by atoms with Crippen LogP contribution in [0.25, 0.3) is 17.0 Å². The number of imide groups is 1. The predicted molar refractivity (Wildman–Crippen MR) is 137 cm³/mol. The van der Waals surface area contributed by atoms with Gasteiger partial charge in [-0.25, -0.2) is 4.68 Å². The quantitative estimate of drug-likeness (QED) is 0.339. The summed E-state index contributed by atoms with van der Waals surface area (Å²) >= 11 is 0. The normalized spacial score (nSPS) is 13.7. The molecule has 0 aliphatic carbocycles. The van der Waals surface area contributed by atoms with Gasteiger partial charge < -0.3 is 0 Å².